The van der Waals surface area contributed by atoms with Gasteiger partial charge in [0.25, 0.3) is 0 Å². The summed E-state index contributed by atoms with van der Waals surface area (Å²) in [6.07, 6.45) is 13.2. The first-order valence-electron chi connectivity index (χ1n) is 7.09. The molecule has 1 aliphatic rings. The third-order valence-corrected chi connectivity index (χ3v) is 3.94. The summed E-state index contributed by atoms with van der Waals surface area (Å²) in [5, 5.41) is 8.56. The SMILES string of the molecule is COC(C1CCCCC1)C(C)(C)C=CC=CC(=O)O. The molecule has 0 spiro atoms. The van der Waals surface area contributed by atoms with Crippen molar-refractivity contribution in [2.24, 2.45) is 11.3 Å². The van der Waals surface area contributed by atoms with Gasteiger partial charge in [0.15, 0.2) is 0 Å². The summed E-state index contributed by atoms with van der Waals surface area (Å²) in [5.74, 6) is -0.306. The maximum absolute atomic E-state index is 10.4. The van der Waals surface area contributed by atoms with Crippen LogP contribution in [0, 0.1) is 11.3 Å². The lowest BCUT2D eigenvalue weighted by atomic mass is 9.73. The topological polar surface area (TPSA) is 46.5 Å². The lowest BCUT2D eigenvalue weighted by Gasteiger charge is -2.38. The van der Waals surface area contributed by atoms with Gasteiger partial charge < -0.3 is 9.84 Å². The summed E-state index contributed by atoms with van der Waals surface area (Å²) in [6.45, 7) is 4.31. The van der Waals surface area contributed by atoms with Crippen LogP contribution in [-0.4, -0.2) is 24.3 Å². The van der Waals surface area contributed by atoms with E-state index in [0.717, 1.165) is 6.08 Å². The van der Waals surface area contributed by atoms with Crippen molar-refractivity contribution >= 4 is 5.97 Å². The minimum Gasteiger partial charge on any atom is -0.478 e. The van der Waals surface area contributed by atoms with Gasteiger partial charge in [0.2, 0.25) is 0 Å². The Labute approximate surface area is 116 Å². The molecule has 0 aromatic heterocycles. The molecule has 19 heavy (non-hydrogen) atoms. The van der Waals surface area contributed by atoms with E-state index in [-0.39, 0.29) is 11.5 Å². The second-order valence-electron chi connectivity index (χ2n) is 5.93. The molecular formula is C16H26O3. The zero-order valence-electron chi connectivity index (χ0n) is 12.3. The molecule has 1 fully saturated rings. The second-order valence-corrected chi connectivity index (χ2v) is 5.93. The summed E-state index contributed by atoms with van der Waals surface area (Å²) in [6, 6.07) is 0. The lowest BCUT2D eigenvalue weighted by Crippen LogP contribution is -2.37. The van der Waals surface area contributed by atoms with Crippen LogP contribution in [-0.2, 0) is 9.53 Å². The molecule has 1 aliphatic carbocycles. The molecular weight excluding hydrogens is 240 g/mol. The average molecular weight is 266 g/mol. The van der Waals surface area contributed by atoms with Crippen molar-refractivity contribution in [1.29, 1.82) is 0 Å². The largest absolute Gasteiger partial charge is 0.478 e. The van der Waals surface area contributed by atoms with E-state index in [4.69, 9.17) is 9.84 Å². The Balaban J connectivity index is 2.68. The Morgan fingerprint density at radius 1 is 1.26 bits per heavy atom. The van der Waals surface area contributed by atoms with Crippen LogP contribution in [0.15, 0.2) is 24.3 Å². The van der Waals surface area contributed by atoms with Crippen LogP contribution >= 0.6 is 0 Å². The lowest BCUT2D eigenvalue weighted by molar-refractivity contribution is -0.131. The molecule has 3 heteroatoms. The third kappa shape index (κ3) is 5.19. The zero-order chi connectivity index (χ0) is 14.3. The van der Waals surface area contributed by atoms with Crippen molar-refractivity contribution in [3.63, 3.8) is 0 Å². The number of methoxy groups -OCH3 is 1. The predicted molar refractivity (Wildman–Crippen MR) is 77.1 cm³/mol. The van der Waals surface area contributed by atoms with Crippen LogP contribution < -0.4 is 0 Å². The van der Waals surface area contributed by atoms with Gasteiger partial charge in [-0.2, -0.15) is 0 Å². The van der Waals surface area contributed by atoms with Crippen LogP contribution in [0.1, 0.15) is 46.0 Å². The Morgan fingerprint density at radius 3 is 2.42 bits per heavy atom. The van der Waals surface area contributed by atoms with Crippen LogP contribution in [0.4, 0.5) is 0 Å². The van der Waals surface area contributed by atoms with Gasteiger partial charge in [-0.1, -0.05) is 51.3 Å². The maximum atomic E-state index is 10.4. The summed E-state index contributed by atoms with van der Waals surface area (Å²) >= 11 is 0. The Bertz CT molecular complexity index is 336. The molecule has 0 radical (unpaired) electrons. The molecule has 0 amide bonds. The standard InChI is InChI=1S/C16H26O3/c1-16(2,12-8-7-11-14(17)18)15(19-3)13-9-5-4-6-10-13/h7-8,11-13,15H,4-6,9-10H2,1-3H3,(H,17,18). The molecule has 0 bridgehead atoms. The van der Waals surface area contributed by atoms with E-state index in [1.807, 2.05) is 6.08 Å². The minimum atomic E-state index is -0.918. The molecule has 108 valence electrons. The van der Waals surface area contributed by atoms with Crippen molar-refractivity contribution in [3.8, 4) is 0 Å². The molecule has 0 aromatic rings. The summed E-state index contributed by atoms with van der Waals surface area (Å²) in [5.41, 5.74) is -0.0837. The number of carboxylic acids is 1. The molecule has 1 saturated carbocycles. The Morgan fingerprint density at radius 2 is 1.89 bits per heavy atom. The quantitative estimate of drug-likeness (QED) is 0.587. The molecule has 1 atom stereocenters. The van der Waals surface area contributed by atoms with Gasteiger partial charge in [0, 0.05) is 18.6 Å². The van der Waals surface area contributed by atoms with Gasteiger partial charge in [0.05, 0.1) is 6.10 Å². The van der Waals surface area contributed by atoms with Crippen molar-refractivity contribution in [3.05, 3.63) is 24.3 Å². The number of hydrogen-bond acceptors (Lipinski definition) is 2. The van der Waals surface area contributed by atoms with Crippen molar-refractivity contribution < 1.29 is 14.6 Å². The fourth-order valence-corrected chi connectivity index (χ4v) is 3.08. The van der Waals surface area contributed by atoms with E-state index in [2.05, 4.69) is 19.9 Å². The first kappa shape index (κ1) is 16.0. The van der Waals surface area contributed by atoms with E-state index < -0.39 is 5.97 Å². The Kier molecular flexibility index (Phi) is 6.29. The van der Waals surface area contributed by atoms with Gasteiger partial charge in [-0.05, 0) is 18.8 Å². The molecule has 0 saturated heterocycles. The number of allylic oxidation sites excluding steroid dienone is 2. The van der Waals surface area contributed by atoms with E-state index in [9.17, 15) is 4.79 Å². The van der Waals surface area contributed by atoms with Gasteiger partial charge in [-0.3, -0.25) is 0 Å². The number of aliphatic carboxylic acids is 1. The van der Waals surface area contributed by atoms with Crippen molar-refractivity contribution in [1.82, 2.24) is 0 Å². The third-order valence-electron chi connectivity index (χ3n) is 3.94. The maximum Gasteiger partial charge on any atom is 0.328 e. The van der Waals surface area contributed by atoms with Crippen LogP contribution in [0.2, 0.25) is 0 Å². The zero-order valence-corrected chi connectivity index (χ0v) is 12.3. The average Bonchev–Trinajstić information content (AvgIpc) is 2.36. The molecule has 3 nitrogen and oxygen atoms in total. The van der Waals surface area contributed by atoms with Gasteiger partial charge in [0.1, 0.15) is 0 Å². The highest BCUT2D eigenvalue weighted by atomic mass is 16.5. The number of hydrogen-bond donors (Lipinski definition) is 1. The van der Waals surface area contributed by atoms with E-state index in [0.29, 0.717) is 5.92 Å². The van der Waals surface area contributed by atoms with Gasteiger partial charge >= 0.3 is 5.97 Å². The summed E-state index contributed by atoms with van der Waals surface area (Å²) in [7, 11) is 1.78. The first-order valence-corrected chi connectivity index (χ1v) is 7.09. The predicted octanol–water partition coefficient (Wildman–Crippen LogP) is 3.80. The van der Waals surface area contributed by atoms with Crippen LogP contribution in [0.3, 0.4) is 0 Å². The molecule has 0 aliphatic heterocycles. The number of carboxylic acid groups (broad SMARTS) is 1. The molecule has 1 N–H and O–H groups in total. The van der Waals surface area contributed by atoms with E-state index in [1.54, 1.807) is 13.2 Å². The first-order chi connectivity index (χ1) is 8.97. The van der Waals surface area contributed by atoms with Crippen molar-refractivity contribution in [2.45, 2.75) is 52.1 Å². The normalized spacial score (nSPS) is 20.2. The van der Waals surface area contributed by atoms with Crippen molar-refractivity contribution in [2.75, 3.05) is 7.11 Å². The molecule has 1 unspecified atom stereocenters. The fraction of sp³-hybridized carbons (Fsp3) is 0.688. The number of carbonyl (C=O) groups is 1. The van der Waals surface area contributed by atoms with Crippen LogP contribution in [0.5, 0.6) is 0 Å². The molecule has 0 aromatic carbocycles. The Hall–Kier alpha value is -1.09. The second kappa shape index (κ2) is 7.49. The highest BCUT2D eigenvalue weighted by Gasteiger charge is 2.34. The monoisotopic (exact) mass is 266 g/mol. The highest BCUT2D eigenvalue weighted by molar-refractivity contribution is 5.80. The smallest absolute Gasteiger partial charge is 0.328 e. The summed E-state index contributed by atoms with van der Waals surface area (Å²) < 4.78 is 5.74. The van der Waals surface area contributed by atoms with E-state index in [1.165, 1.54) is 32.1 Å². The highest BCUT2D eigenvalue weighted by Crippen LogP contribution is 2.37. The van der Waals surface area contributed by atoms with Crippen LogP contribution in [0.25, 0.3) is 0 Å². The molecule has 1 rings (SSSR count). The van der Waals surface area contributed by atoms with Gasteiger partial charge in [-0.15, -0.1) is 0 Å². The van der Waals surface area contributed by atoms with Gasteiger partial charge in [-0.25, -0.2) is 4.79 Å². The minimum absolute atomic E-state index is 0.0837. The number of rotatable bonds is 6. The fourth-order valence-electron chi connectivity index (χ4n) is 3.08. The van der Waals surface area contributed by atoms with E-state index >= 15 is 0 Å². The number of ether oxygens (including phenoxy) is 1. The molecule has 0 heterocycles. The summed E-state index contributed by atoms with van der Waals surface area (Å²) in [4.78, 5) is 10.4.